The van der Waals surface area contributed by atoms with Crippen LogP contribution in [0.2, 0.25) is 0 Å². The molecular weight excluding hydrogens is 318 g/mol. The number of carbonyl (C=O) groups is 1. The van der Waals surface area contributed by atoms with Crippen molar-refractivity contribution in [2.45, 2.75) is 13.8 Å². The summed E-state index contributed by atoms with van der Waals surface area (Å²) in [5.41, 5.74) is 2.50. The van der Waals surface area contributed by atoms with Crippen LogP contribution < -0.4 is 5.32 Å². The summed E-state index contributed by atoms with van der Waals surface area (Å²) in [5, 5.41) is 7.27. The molecule has 4 rings (SSSR count). The summed E-state index contributed by atoms with van der Waals surface area (Å²) in [6.45, 7) is 3.32. The number of amides is 1. The number of pyridine rings is 2. The van der Waals surface area contributed by atoms with Crippen molar-refractivity contribution in [3.05, 3.63) is 54.6 Å². The zero-order chi connectivity index (χ0) is 17.4. The van der Waals surface area contributed by atoms with Crippen LogP contribution >= 0.6 is 0 Å². The van der Waals surface area contributed by atoms with E-state index in [1.165, 1.54) is 6.92 Å². The van der Waals surface area contributed by atoms with Crippen molar-refractivity contribution >= 4 is 17.4 Å². The number of fused-ring (bicyclic) bond motifs is 1. The van der Waals surface area contributed by atoms with Gasteiger partial charge in [-0.2, -0.15) is 4.52 Å². The molecule has 0 saturated heterocycles. The molecule has 4 heterocycles. The van der Waals surface area contributed by atoms with Gasteiger partial charge in [0.25, 0.3) is 0 Å². The molecule has 0 unspecified atom stereocenters. The fourth-order valence-corrected chi connectivity index (χ4v) is 2.62. The average molecular weight is 333 g/mol. The normalized spacial score (nSPS) is 11.0. The Balaban J connectivity index is 1.91. The summed E-state index contributed by atoms with van der Waals surface area (Å²) in [6, 6.07) is 11.2. The van der Waals surface area contributed by atoms with Crippen LogP contribution in [-0.4, -0.2) is 25.5 Å². The van der Waals surface area contributed by atoms with Gasteiger partial charge < -0.3 is 9.73 Å². The molecule has 0 radical (unpaired) electrons. The van der Waals surface area contributed by atoms with Gasteiger partial charge in [-0.25, -0.2) is 4.98 Å². The number of carbonyl (C=O) groups excluding carboxylic acids is 1. The minimum absolute atomic E-state index is 0.181. The highest BCUT2D eigenvalue weighted by Crippen LogP contribution is 2.26. The van der Waals surface area contributed by atoms with Crippen molar-refractivity contribution in [2.24, 2.45) is 0 Å². The third-order valence-corrected chi connectivity index (χ3v) is 3.72. The van der Waals surface area contributed by atoms with E-state index in [-0.39, 0.29) is 5.91 Å². The van der Waals surface area contributed by atoms with Crippen LogP contribution in [0.15, 0.2) is 53.2 Å². The van der Waals surface area contributed by atoms with Gasteiger partial charge in [-0.15, -0.1) is 5.10 Å². The Kier molecular flexibility index (Phi) is 3.53. The van der Waals surface area contributed by atoms with E-state index in [0.29, 0.717) is 23.0 Å². The number of hydrogen-bond acceptors (Lipinski definition) is 5. The van der Waals surface area contributed by atoms with Crippen molar-refractivity contribution in [3.8, 4) is 22.7 Å². The molecule has 0 saturated carbocycles. The first-order chi connectivity index (χ1) is 12.1. The number of hydrogen-bond donors (Lipinski definition) is 1. The Morgan fingerprint density at radius 1 is 1.12 bits per heavy atom. The first-order valence-electron chi connectivity index (χ1n) is 7.76. The molecule has 4 aromatic heterocycles. The Morgan fingerprint density at radius 3 is 2.60 bits per heavy atom. The maximum atomic E-state index is 11.6. The molecule has 0 bridgehead atoms. The van der Waals surface area contributed by atoms with Crippen LogP contribution in [-0.2, 0) is 4.79 Å². The molecule has 4 aromatic rings. The van der Waals surface area contributed by atoms with Crippen LogP contribution in [0.3, 0.4) is 0 Å². The highest BCUT2D eigenvalue weighted by atomic mass is 16.3. The molecule has 1 N–H and O–H groups in total. The van der Waals surface area contributed by atoms with E-state index in [9.17, 15) is 4.79 Å². The lowest BCUT2D eigenvalue weighted by Gasteiger charge is -2.08. The van der Waals surface area contributed by atoms with Crippen LogP contribution in [0.1, 0.15) is 12.7 Å². The van der Waals surface area contributed by atoms with Gasteiger partial charge in [0.2, 0.25) is 11.7 Å². The zero-order valence-corrected chi connectivity index (χ0v) is 13.7. The van der Waals surface area contributed by atoms with E-state index >= 15 is 0 Å². The summed E-state index contributed by atoms with van der Waals surface area (Å²) >= 11 is 0. The number of furan rings is 1. The molecule has 0 aromatic carbocycles. The van der Waals surface area contributed by atoms with Crippen LogP contribution in [0.5, 0.6) is 0 Å². The monoisotopic (exact) mass is 333 g/mol. The molecule has 0 aliphatic carbocycles. The minimum atomic E-state index is -0.181. The number of aromatic nitrogens is 4. The molecule has 7 heteroatoms. The third kappa shape index (κ3) is 2.87. The number of nitrogens with one attached hydrogen (secondary N) is 1. The number of anilines is 1. The summed E-state index contributed by atoms with van der Waals surface area (Å²) in [6.07, 6.45) is 3.44. The van der Waals surface area contributed by atoms with E-state index < -0.39 is 0 Å². The van der Waals surface area contributed by atoms with Gasteiger partial charge in [0.1, 0.15) is 11.6 Å². The Morgan fingerprint density at radius 2 is 1.92 bits per heavy atom. The number of aryl methyl sites for hydroxylation is 1. The lowest BCUT2D eigenvalue weighted by molar-refractivity contribution is -0.114. The molecule has 0 aliphatic heterocycles. The number of rotatable bonds is 3. The van der Waals surface area contributed by atoms with Crippen molar-refractivity contribution in [1.29, 1.82) is 0 Å². The Labute approximate surface area is 143 Å². The van der Waals surface area contributed by atoms with Crippen LogP contribution in [0.4, 0.5) is 5.82 Å². The Bertz CT molecular complexity index is 1070. The minimum Gasteiger partial charge on any atom is -0.458 e. The second-order valence-electron chi connectivity index (χ2n) is 5.66. The zero-order valence-electron chi connectivity index (χ0n) is 13.7. The molecular formula is C18H15N5O2. The average Bonchev–Trinajstić information content (AvgIpc) is 3.21. The van der Waals surface area contributed by atoms with Gasteiger partial charge in [-0.1, -0.05) is 0 Å². The van der Waals surface area contributed by atoms with Gasteiger partial charge in [0.15, 0.2) is 11.4 Å². The molecule has 0 fully saturated rings. The largest absolute Gasteiger partial charge is 0.458 e. The first-order valence-corrected chi connectivity index (χ1v) is 7.76. The standard InChI is InChI=1S/C18H15N5O2/c1-11-3-4-15(25-11)18-21-17-10-14(13-5-7-19-8-6-13)9-16(20-12(2)24)23(17)22-18/h3-10H,1-2H3,(H,20,24). The predicted molar refractivity (Wildman–Crippen MR) is 93.0 cm³/mol. The van der Waals surface area contributed by atoms with Crippen molar-refractivity contribution < 1.29 is 9.21 Å². The maximum Gasteiger partial charge on any atom is 0.222 e. The summed E-state index contributed by atoms with van der Waals surface area (Å²) in [5.74, 6) is 2.19. The highest BCUT2D eigenvalue weighted by Gasteiger charge is 2.14. The highest BCUT2D eigenvalue weighted by molar-refractivity contribution is 5.89. The lowest BCUT2D eigenvalue weighted by Crippen LogP contribution is -2.10. The van der Waals surface area contributed by atoms with Crippen molar-refractivity contribution in [1.82, 2.24) is 19.6 Å². The molecule has 124 valence electrons. The quantitative estimate of drug-likeness (QED) is 0.621. The van der Waals surface area contributed by atoms with E-state index in [0.717, 1.165) is 16.9 Å². The van der Waals surface area contributed by atoms with Gasteiger partial charge in [0.05, 0.1) is 0 Å². The fourth-order valence-electron chi connectivity index (χ4n) is 2.62. The van der Waals surface area contributed by atoms with Crippen molar-refractivity contribution in [3.63, 3.8) is 0 Å². The smallest absolute Gasteiger partial charge is 0.222 e. The van der Waals surface area contributed by atoms with Gasteiger partial charge in [-0.3, -0.25) is 9.78 Å². The second-order valence-corrected chi connectivity index (χ2v) is 5.66. The summed E-state index contributed by atoms with van der Waals surface area (Å²) in [4.78, 5) is 20.2. The Hall–Kier alpha value is -3.48. The van der Waals surface area contributed by atoms with Crippen LogP contribution in [0.25, 0.3) is 28.4 Å². The van der Waals surface area contributed by atoms with Gasteiger partial charge in [-0.05, 0) is 54.4 Å². The predicted octanol–water partition coefficient (Wildman–Crippen LogP) is 3.32. The SMILES string of the molecule is CC(=O)Nc1cc(-c2ccncc2)cc2nc(-c3ccc(C)o3)nn12. The fraction of sp³-hybridized carbons (Fsp3) is 0.111. The van der Waals surface area contributed by atoms with Crippen LogP contribution in [0, 0.1) is 6.92 Å². The van der Waals surface area contributed by atoms with E-state index in [1.54, 1.807) is 16.9 Å². The lowest BCUT2D eigenvalue weighted by atomic mass is 10.1. The van der Waals surface area contributed by atoms with Crippen molar-refractivity contribution in [2.75, 3.05) is 5.32 Å². The summed E-state index contributed by atoms with van der Waals surface area (Å²) < 4.78 is 7.20. The topological polar surface area (TPSA) is 85.3 Å². The molecule has 0 atom stereocenters. The molecule has 1 amide bonds. The van der Waals surface area contributed by atoms with E-state index in [4.69, 9.17) is 4.42 Å². The maximum absolute atomic E-state index is 11.6. The molecule has 25 heavy (non-hydrogen) atoms. The van der Waals surface area contributed by atoms with E-state index in [1.807, 2.05) is 43.3 Å². The van der Waals surface area contributed by atoms with E-state index in [2.05, 4.69) is 20.4 Å². The van der Waals surface area contributed by atoms with Gasteiger partial charge in [0, 0.05) is 19.3 Å². The molecule has 0 spiro atoms. The molecule has 0 aliphatic rings. The van der Waals surface area contributed by atoms with Gasteiger partial charge >= 0.3 is 0 Å². The molecule has 7 nitrogen and oxygen atoms in total. The number of nitrogens with zero attached hydrogens (tertiary/aromatic N) is 4. The third-order valence-electron chi connectivity index (χ3n) is 3.72. The second kappa shape index (κ2) is 5.86. The first kappa shape index (κ1) is 15.1. The summed E-state index contributed by atoms with van der Waals surface area (Å²) in [7, 11) is 0.